The molecule has 0 atom stereocenters. The lowest BCUT2D eigenvalue weighted by Crippen LogP contribution is -1.78. The Bertz CT molecular complexity index is 641. The highest BCUT2D eigenvalue weighted by Crippen LogP contribution is 2.10. The third-order valence-corrected chi connectivity index (χ3v) is 7.69. The monoisotopic (exact) mass is 565 g/mol. The van der Waals surface area contributed by atoms with Gasteiger partial charge in [0.05, 0.1) is 0 Å². The molecule has 0 aliphatic carbocycles. The van der Waals surface area contributed by atoms with Crippen LogP contribution in [0.3, 0.4) is 0 Å². The van der Waals surface area contributed by atoms with Crippen LogP contribution in [-0.2, 0) is 0 Å². The van der Waals surface area contributed by atoms with E-state index in [9.17, 15) is 0 Å². The van der Waals surface area contributed by atoms with Crippen molar-refractivity contribution in [2.24, 2.45) is 0 Å². The summed E-state index contributed by atoms with van der Waals surface area (Å²) in [6.07, 6.45) is 64.0. The van der Waals surface area contributed by atoms with Gasteiger partial charge in [-0.2, -0.15) is 0 Å². The van der Waals surface area contributed by atoms with Gasteiger partial charge in [0.1, 0.15) is 0 Å². The van der Waals surface area contributed by atoms with Gasteiger partial charge < -0.3 is 0 Å². The van der Waals surface area contributed by atoms with Crippen LogP contribution in [0.5, 0.6) is 0 Å². The fourth-order valence-corrected chi connectivity index (χ4v) is 4.92. The van der Waals surface area contributed by atoms with Crippen molar-refractivity contribution in [3.63, 3.8) is 0 Å². The van der Waals surface area contributed by atoms with Crippen LogP contribution < -0.4 is 0 Å². The summed E-state index contributed by atoms with van der Waals surface area (Å²) < 4.78 is 0. The van der Waals surface area contributed by atoms with E-state index < -0.39 is 0 Å². The van der Waals surface area contributed by atoms with Crippen LogP contribution in [0, 0.1) is 0 Å². The summed E-state index contributed by atoms with van der Waals surface area (Å²) in [5, 5.41) is 0. The molecule has 0 nitrogen and oxygen atoms in total. The lowest BCUT2D eigenvalue weighted by Gasteiger charge is -1.97. The third kappa shape index (κ3) is 38.4. The van der Waals surface area contributed by atoms with Crippen molar-refractivity contribution in [3.8, 4) is 0 Å². The molecule has 0 spiro atoms. The van der Waals surface area contributed by atoms with Crippen LogP contribution in [0.2, 0.25) is 0 Å². The van der Waals surface area contributed by atoms with Crippen LogP contribution in [0.1, 0.15) is 187 Å². The second-order valence-electron chi connectivity index (χ2n) is 11.9. The number of hydrogen-bond donors (Lipinski definition) is 0. The standard InChI is InChI=1S/C41H72/c1-3-5-7-9-11-13-15-17-19-21-23-25-27-29-31-33-35-37-39-41-40-38-36-34-32-30-28-26-24-22-20-18-16-14-12-10-8-6-4-2/h9,11-12,14,25,27-28,30,34,36-37,39H,3-8,10,13,15-24,26,29,31-33,35,38,40-41H2,1-2H3. The summed E-state index contributed by atoms with van der Waals surface area (Å²) in [5.74, 6) is 0. The first-order valence-corrected chi connectivity index (χ1v) is 18.3. The molecule has 0 unspecified atom stereocenters. The van der Waals surface area contributed by atoms with Gasteiger partial charge >= 0.3 is 0 Å². The van der Waals surface area contributed by atoms with Gasteiger partial charge in [-0.1, -0.05) is 138 Å². The Morgan fingerprint density at radius 2 is 0.463 bits per heavy atom. The smallest absolute Gasteiger partial charge is 0.0169 e. The summed E-state index contributed by atoms with van der Waals surface area (Å²) in [4.78, 5) is 0. The van der Waals surface area contributed by atoms with Crippen molar-refractivity contribution in [2.75, 3.05) is 0 Å². The predicted molar refractivity (Wildman–Crippen MR) is 191 cm³/mol. The Morgan fingerprint density at radius 1 is 0.220 bits per heavy atom. The SMILES string of the molecule is CCCCC=CCCCCCCC=CCCCCC=CCCCC=CCC=CCCCCCCC=CCCCCC. The minimum Gasteiger partial charge on any atom is -0.0885 e. The van der Waals surface area contributed by atoms with Crippen molar-refractivity contribution in [1.82, 2.24) is 0 Å². The topological polar surface area (TPSA) is 0 Å². The molecule has 0 amide bonds. The van der Waals surface area contributed by atoms with Gasteiger partial charge in [-0.05, 0) is 122 Å². The summed E-state index contributed by atoms with van der Waals surface area (Å²) in [6, 6.07) is 0. The molecule has 0 aromatic heterocycles. The van der Waals surface area contributed by atoms with E-state index in [1.807, 2.05) is 0 Å². The Kier molecular flexibility index (Phi) is 37.0. The fraction of sp³-hybridized carbons (Fsp3) is 0.707. The number of unbranched alkanes of at least 4 members (excludes halogenated alkanes) is 20. The van der Waals surface area contributed by atoms with Crippen molar-refractivity contribution in [2.45, 2.75) is 187 Å². The average Bonchev–Trinajstić information content (AvgIpc) is 2.98. The first-order valence-electron chi connectivity index (χ1n) is 18.3. The average molecular weight is 565 g/mol. The molecular weight excluding hydrogens is 492 g/mol. The molecule has 0 radical (unpaired) electrons. The maximum Gasteiger partial charge on any atom is -0.0169 e. The van der Waals surface area contributed by atoms with Gasteiger partial charge in [-0.25, -0.2) is 0 Å². The largest absolute Gasteiger partial charge is 0.0885 e. The van der Waals surface area contributed by atoms with Gasteiger partial charge in [0.25, 0.3) is 0 Å². The summed E-state index contributed by atoms with van der Waals surface area (Å²) in [7, 11) is 0. The van der Waals surface area contributed by atoms with Crippen molar-refractivity contribution >= 4 is 0 Å². The molecule has 41 heavy (non-hydrogen) atoms. The normalized spacial score (nSPS) is 12.7. The Labute approximate surface area is 259 Å². The molecule has 0 heteroatoms. The van der Waals surface area contributed by atoms with Crippen molar-refractivity contribution in [1.29, 1.82) is 0 Å². The van der Waals surface area contributed by atoms with Crippen LogP contribution in [0.25, 0.3) is 0 Å². The highest BCUT2D eigenvalue weighted by molar-refractivity contribution is 4.93. The second kappa shape index (κ2) is 38.4. The highest BCUT2D eigenvalue weighted by Gasteiger charge is 1.90. The molecule has 0 aliphatic rings. The van der Waals surface area contributed by atoms with E-state index in [0.717, 1.165) is 6.42 Å². The molecule has 0 heterocycles. The minimum absolute atomic E-state index is 1.10. The molecule has 0 fully saturated rings. The molecule has 0 saturated heterocycles. The lowest BCUT2D eigenvalue weighted by molar-refractivity contribution is 0.650. The van der Waals surface area contributed by atoms with E-state index >= 15 is 0 Å². The molecule has 0 bridgehead atoms. The first-order chi connectivity index (χ1) is 20.4. The zero-order valence-electron chi connectivity index (χ0n) is 28.0. The van der Waals surface area contributed by atoms with E-state index in [1.54, 1.807) is 0 Å². The first kappa shape index (κ1) is 39.4. The van der Waals surface area contributed by atoms with E-state index in [4.69, 9.17) is 0 Å². The third-order valence-electron chi connectivity index (χ3n) is 7.69. The van der Waals surface area contributed by atoms with Crippen LogP contribution in [0.4, 0.5) is 0 Å². The van der Waals surface area contributed by atoms with Crippen molar-refractivity contribution in [3.05, 3.63) is 72.9 Å². The Hall–Kier alpha value is -1.56. The summed E-state index contributed by atoms with van der Waals surface area (Å²) in [5.41, 5.74) is 0. The highest BCUT2D eigenvalue weighted by atomic mass is 14.0. The predicted octanol–water partition coefficient (Wildman–Crippen LogP) is 14.9. The Balaban J connectivity index is 3.31. The molecule has 0 aromatic rings. The molecule has 0 saturated carbocycles. The zero-order valence-corrected chi connectivity index (χ0v) is 28.0. The molecule has 0 aromatic carbocycles. The van der Waals surface area contributed by atoms with Crippen LogP contribution in [-0.4, -0.2) is 0 Å². The number of allylic oxidation sites excluding steroid dienone is 12. The van der Waals surface area contributed by atoms with Crippen LogP contribution >= 0.6 is 0 Å². The summed E-state index contributed by atoms with van der Waals surface area (Å²) >= 11 is 0. The van der Waals surface area contributed by atoms with Crippen LogP contribution in [0.15, 0.2) is 72.9 Å². The second-order valence-corrected chi connectivity index (χ2v) is 11.9. The molecule has 0 aliphatic heterocycles. The Morgan fingerprint density at radius 3 is 0.805 bits per heavy atom. The molecular formula is C41H72. The van der Waals surface area contributed by atoms with Gasteiger partial charge in [-0.15, -0.1) is 0 Å². The molecule has 236 valence electrons. The number of rotatable bonds is 32. The van der Waals surface area contributed by atoms with E-state index in [1.165, 1.54) is 167 Å². The molecule has 0 N–H and O–H groups in total. The van der Waals surface area contributed by atoms with E-state index in [2.05, 4.69) is 86.8 Å². The summed E-state index contributed by atoms with van der Waals surface area (Å²) in [6.45, 7) is 4.54. The van der Waals surface area contributed by atoms with Crippen molar-refractivity contribution < 1.29 is 0 Å². The van der Waals surface area contributed by atoms with Gasteiger partial charge in [0.15, 0.2) is 0 Å². The van der Waals surface area contributed by atoms with E-state index in [-0.39, 0.29) is 0 Å². The fourth-order valence-electron chi connectivity index (χ4n) is 4.92. The van der Waals surface area contributed by atoms with Gasteiger partial charge in [0, 0.05) is 0 Å². The minimum atomic E-state index is 1.10. The van der Waals surface area contributed by atoms with Gasteiger partial charge in [-0.3, -0.25) is 0 Å². The molecule has 0 rings (SSSR count). The zero-order chi connectivity index (χ0) is 29.6. The maximum atomic E-state index is 2.42. The maximum absolute atomic E-state index is 2.42. The van der Waals surface area contributed by atoms with E-state index in [0.29, 0.717) is 0 Å². The number of hydrogen-bond acceptors (Lipinski definition) is 0. The van der Waals surface area contributed by atoms with Gasteiger partial charge in [0.2, 0.25) is 0 Å². The quantitative estimate of drug-likeness (QED) is 0.0563. The lowest BCUT2D eigenvalue weighted by atomic mass is 10.1.